The quantitative estimate of drug-likeness (QED) is 0.429. The minimum Gasteiger partial charge on any atom is -0.494 e. The molecule has 7 heteroatoms. The first-order valence-corrected chi connectivity index (χ1v) is 9.74. The van der Waals surface area contributed by atoms with Gasteiger partial charge >= 0.3 is 0 Å². The summed E-state index contributed by atoms with van der Waals surface area (Å²) >= 11 is 0. The Kier molecular flexibility index (Phi) is 6.23. The summed E-state index contributed by atoms with van der Waals surface area (Å²) in [7, 11) is 0. The number of ether oxygens (including phenoxy) is 1. The lowest BCUT2D eigenvalue weighted by Crippen LogP contribution is -2.04. The molecule has 152 valence electrons. The van der Waals surface area contributed by atoms with Gasteiger partial charge < -0.3 is 10.5 Å². The number of hydrogen-bond donors (Lipinski definition) is 1. The molecule has 0 aliphatic rings. The summed E-state index contributed by atoms with van der Waals surface area (Å²) in [6.45, 7) is 7.06. The average molecular weight is 412 g/mol. The van der Waals surface area contributed by atoms with Gasteiger partial charge in [-0.3, -0.25) is 0 Å². The third-order valence-corrected chi connectivity index (χ3v) is 4.86. The summed E-state index contributed by atoms with van der Waals surface area (Å²) in [4.78, 5) is 8.58. The molecule has 0 fully saturated rings. The molecule has 0 radical (unpaired) electrons. The van der Waals surface area contributed by atoms with E-state index in [1.807, 2.05) is 10.7 Å². The highest BCUT2D eigenvalue weighted by atomic mass is 35.5. The molecule has 0 bridgehead atoms. The van der Waals surface area contributed by atoms with Crippen LogP contribution in [-0.2, 0) is 0 Å². The van der Waals surface area contributed by atoms with E-state index in [9.17, 15) is 0 Å². The van der Waals surface area contributed by atoms with Gasteiger partial charge in [-0.05, 0) is 49.2 Å². The van der Waals surface area contributed by atoms with E-state index >= 15 is 0 Å². The second-order valence-corrected chi connectivity index (χ2v) is 7.27. The number of hydrogen-bond acceptors (Lipinski definition) is 5. The van der Waals surface area contributed by atoms with Crippen LogP contribution < -0.4 is 10.5 Å². The van der Waals surface area contributed by atoms with Gasteiger partial charge in [-0.15, -0.1) is 12.4 Å². The molecule has 0 amide bonds. The van der Waals surface area contributed by atoms with Crippen molar-refractivity contribution in [1.29, 1.82) is 0 Å². The van der Waals surface area contributed by atoms with Gasteiger partial charge in [-0.25, -0.2) is 14.6 Å². The smallest absolute Gasteiger partial charge is 0.164 e. The van der Waals surface area contributed by atoms with Crippen LogP contribution in [0.4, 0.5) is 5.82 Å². The van der Waals surface area contributed by atoms with Crippen molar-refractivity contribution < 1.29 is 4.74 Å². The molecule has 0 aliphatic heterocycles. The molecule has 2 N–H and O–H groups in total. The predicted octanol–water partition coefficient (Wildman–Crippen LogP) is 5.41. The molecule has 0 aliphatic carbocycles. The van der Waals surface area contributed by atoms with Crippen molar-refractivity contribution in [1.82, 2.24) is 19.7 Å². The molecule has 0 atom stereocenters. The van der Waals surface area contributed by atoms with Crippen molar-refractivity contribution >= 4 is 40.0 Å². The number of nitrogens with two attached hydrogens (primary N) is 1. The second kappa shape index (κ2) is 8.66. The molecule has 29 heavy (non-hydrogen) atoms. The summed E-state index contributed by atoms with van der Waals surface area (Å²) in [6.07, 6.45) is 3.68. The van der Waals surface area contributed by atoms with E-state index in [4.69, 9.17) is 15.6 Å². The first kappa shape index (κ1) is 20.9. The topological polar surface area (TPSA) is 78.8 Å². The van der Waals surface area contributed by atoms with Gasteiger partial charge in [0.1, 0.15) is 23.6 Å². The zero-order chi connectivity index (χ0) is 19.7. The van der Waals surface area contributed by atoms with Gasteiger partial charge in [0.15, 0.2) is 5.65 Å². The van der Waals surface area contributed by atoms with Gasteiger partial charge in [-0.1, -0.05) is 31.5 Å². The van der Waals surface area contributed by atoms with Crippen LogP contribution in [0.15, 0.2) is 42.7 Å². The van der Waals surface area contributed by atoms with Crippen LogP contribution in [0.3, 0.4) is 0 Å². The van der Waals surface area contributed by atoms with Crippen LogP contribution >= 0.6 is 12.4 Å². The Bertz CT molecular complexity index is 1140. The monoisotopic (exact) mass is 411 g/mol. The SMILES string of the molecule is CCCCOc1ccc2cc(-c3nn(C(C)C)c4ncnc(N)c34)ccc2c1.Cl. The number of anilines is 1. The summed E-state index contributed by atoms with van der Waals surface area (Å²) < 4.78 is 7.72. The van der Waals surface area contributed by atoms with Crippen molar-refractivity contribution in [3.63, 3.8) is 0 Å². The zero-order valence-corrected chi connectivity index (χ0v) is 17.7. The van der Waals surface area contributed by atoms with E-state index in [2.05, 4.69) is 61.1 Å². The Morgan fingerprint density at radius 3 is 2.59 bits per heavy atom. The van der Waals surface area contributed by atoms with Gasteiger partial charge in [0.25, 0.3) is 0 Å². The number of fused-ring (bicyclic) bond motifs is 2. The number of aromatic nitrogens is 4. The summed E-state index contributed by atoms with van der Waals surface area (Å²) in [6, 6.07) is 12.6. The number of nitrogen functional groups attached to an aromatic ring is 1. The number of nitrogens with zero attached hydrogens (tertiary/aromatic N) is 4. The second-order valence-electron chi connectivity index (χ2n) is 7.27. The first-order valence-electron chi connectivity index (χ1n) is 9.74. The average Bonchev–Trinajstić information content (AvgIpc) is 3.09. The molecule has 2 aromatic carbocycles. The molecule has 0 saturated heterocycles. The maximum atomic E-state index is 6.18. The van der Waals surface area contributed by atoms with Gasteiger partial charge in [0.2, 0.25) is 0 Å². The van der Waals surface area contributed by atoms with Crippen molar-refractivity contribution in [2.24, 2.45) is 0 Å². The lowest BCUT2D eigenvalue weighted by molar-refractivity contribution is 0.310. The van der Waals surface area contributed by atoms with Crippen molar-refractivity contribution in [2.75, 3.05) is 12.3 Å². The minimum atomic E-state index is 0. The molecule has 4 rings (SSSR count). The van der Waals surface area contributed by atoms with Crippen molar-refractivity contribution in [3.8, 4) is 17.0 Å². The van der Waals surface area contributed by atoms with E-state index in [0.29, 0.717) is 5.82 Å². The lowest BCUT2D eigenvalue weighted by atomic mass is 10.0. The van der Waals surface area contributed by atoms with Crippen molar-refractivity contribution in [3.05, 3.63) is 42.7 Å². The van der Waals surface area contributed by atoms with E-state index in [-0.39, 0.29) is 18.4 Å². The fourth-order valence-corrected chi connectivity index (χ4v) is 3.35. The van der Waals surface area contributed by atoms with Crippen LogP contribution in [0.25, 0.3) is 33.1 Å². The fourth-order valence-electron chi connectivity index (χ4n) is 3.35. The maximum Gasteiger partial charge on any atom is 0.164 e. The highest BCUT2D eigenvalue weighted by molar-refractivity contribution is 6.00. The minimum absolute atomic E-state index is 0. The highest BCUT2D eigenvalue weighted by Gasteiger charge is 2.18. The number of halogens is 1. The Morgan fingerprint density at radius 2 is 1.83 bits per heavy atom. The summed E-state index contributed by atoms with van der Waals surface area (Å²) in [5, 5.41) is 7.87. The lowest BCUT2D eigenvalue weighted by Gasteiger charge is -2.08. The zero-order valence-electron chi connectivity index (χ0n) is 16.9. The van der Waals surface area contributed by atoms with Gasteiger partial charge in [0, 0.05) is 11.6 Å². The number of unbranched alkanes of at least 4 members (excludes halogenated alkanes) is 1. The highest BCUT2D eigenvalue weighted by Crippen LogP contribution is 2.33. The van der Waals surface area contributed by atoms with Crippen LogP contribution in [0, 0.1) is 0 Å². The molecule has 6 nitrogen and oxygen atoms in total. The molecule has 2 aromatic heterocycles. The van der Waals surface area contributed by atoms with E-state index in [1.165, 1.54) is 6.33 Å². The standard InChI is InChI=1S/C22H25N5O.ClH/c1-4-5-10-28-18-9-8-15-11-17(7-6-16(15)12-18)20-19-21(23)24-13-25-22(19)27(26-20)14(2)3;/h6-9,11-14H,4-5,10H2,1-3H3,(H2,23,24,25);1H. The van der Waals surface area contributed by atoms with Crippen molar-refractivity contribution in [2.45, 2.75) is 39.7 Å². The third-order valence-electron chi connectivity index (χ3n) is 4.86. The molecule has 0 spiro atoms. The summed E-state index contributed by atoms with van der Waals surface area (Å²) in [5.41, 5.74) is 8.75. The van der Waals surface area contributed by atoms with Crippen LogP contribution in [0.5, 0.6) is 5.75 Å². The van der Waals surface area contributed by atoms with Crippen LogP contribution in [0.2, 0.25) is 0 Å². The Labute approximate surface area is 176 Å². The summed E-state index contributed by atoms with van der Waals surface area (Å²) in [5.74, 6) is 1.35. The molecule has 2 heterocycles. The van der Waals surface area contributed by atoms with Crippen LogP contribution in [0.1, 0.15) is 39.7 Å². The number of rotatable bonds is 6. The Hall–Kier alpha value is -2.86. The maximum absolute atomic E-state index is 6.18. The Balaban J connectivity index is 0.00000240. The Morgan fingerprint density at radius 1 is 1.07 bits per heavy atom. The third kappa shape index (κ3) is 3.98. The first-order chi connectivity index (χ1) is 13.6. The normalized spacial score (nSPS) is 11.2. The molecule has 0 unspecified atom stereocenters. The number of benzene rings is 2. The molecule has 0 saturated carbocycles. The molecular formula is C22H26ClN5O. The van der Waals surface area contributed by atoms with E-state index in [1.54, 1.807) is 0 Å². The predicted molar refractivity (Wildman–Crippen MR) is 121 cm³/mol. The largest absolute Gasteiger partial charge is 0.494 e. The van der Waals surface area contributed by atoms with Crippen LogP contribution in [-0.4, -0.2) is 26.4 Å². The van der Waals surface area contributed by atoms with Gasteiger partial charge in [-0.2, -0.15) is 5.10 Å². The molecule has 4 aromatic rings. The van der Waals surface area contributed by atoms with E-state index in [0.717, 1.165) is 58.3 Å². The molecular weight excluding hydrogens is 386 g/mol. The fraction of sp³-hybridized carbons (Fsp3) is 0.318. The van der Waals surface area contributed by atoms with Gasteiger partial charge in [0.05, 0.1) is 12.0 Å². The van der Waals surface area contributed by atoms with E-state index < -0.39 is 0 Å².